The van der Waals surface area contributed by atoms with Crippen LogP contribution in [0.2, 0.25) is 9.94 Å². The predicted octanol–water partition coefficient (Wildman–Crippen LogP) is 3.48. The monoisotopic (exact) mass is 194 g/mol. The average Bonchev–Trinajstić information content (AvgIpc) is 2.07. The van der Waals surface area contributed by atoms with Gasteiger partial charge < -0.3 is 0 Å². The molecular formula is C9H5BCl2. The molecule has 0 radical (unpaired) electrons. The van der Waals surface area contributed by atoms with Gasteiger partial charge in [-0.05, 0) is 0 Å². The van der Waals surface area contributed by atoms with Crippen LogP contribution < -0.4 is 0 Å². The van der Waals surface area contributed by atoms with Gasteiger partial charge in [0, 0.05) is 0 Å². The van der Waals surface area contributed by atoms with E-state index in [4.69, 9.17) is 23.2 Å². The van der Waals surface area contributed by atoms with E-state index >= 15 is 0 Å². The minimum absolute atomic E-state index is 0.607. The van der Waals surface area contributed by atoms with Crippen molar-refractivity contribution in [1.82, 2.24) is 0 Å². The second-order valence-electron chi connectivity index (χ2n) is 2.61. The van der Waals surface area contributed by atoms with E-state index in [-0.39, 0.29) is 0 Å². The van der Waals surface area contributed by atoms with Crippen LogP contribution >= 0.6 is 23.2 Å². The summed E-state index contributed by atoms with van der Waals surface area (Å²) in [7, 11) is 0. The maximum absolute atomic E-state index is 5.86. The topological polar surface area (TPSA) is 0 Å². The number of benzene rings is 1. The molecule has 58 valence electrons. The third kappa shape index (κ3) is 1.35. The Labute approximate surface area is 81.3 Å². The van der Waals surface area contributed by atoms with Crippen LogP contribution in [-0.2, 0) is 0 Å². The van der Waals surface area contributed by atoms with Crippen molar-refractivity contribution in [2.45, 2.75) is 0 Å². The summed E-state index contributed by atoms with van der Waals surface area (Å²) >= 11 is 11.7. The van der Waals surface area contributed by atoms with Crippen LogP contribution in [0.3, 0.4) is 0 Å². The Kier molecular flexibility index (Phi) is 2.08. The van der Waals surface area contributed by atoms with Gasteiger partial charge in [-0.2, -0.15) is 0 Å². The van der Waals surface area contributed by atoms with Crippen molar-refractivity contribution in [2.75, 3.05) is 0 Å². The SMILES string of the molecule is Clc1bc2ccccc2cc1Cl. The summed E-state index contributed by atoms with van der Waals surface area (Å²) < 4.78 is 0. The van der Waals surface area contributed by atoms with Crippen molar-refractivity contribution in [2.24, 2.45) is 0 Å². The molecule has 0 spiro atoms. The van der Waals surface area contributed by atoms with Crippen LogP contribution in [0.5, 0.6) is 0 Å². The molecule has 0 nitrogen and oxygen atoms in total. The molecule has 0 atom stereocenters. The molecule has 0 saturated heterocycles. The number of fused-ring (bicyclic) bond motifs is 1. The van der Waals surface area contributed by atoms with E-state index in [0.29, 0.717) is 9.94 Å². The standard InChI is InChI=1S/C9H5BCl2/c11-8-5-6-3-1-2-4-7(6)10-9(8)12/h1-5H. The van der Waals surface area contributed by atoms with Crippen LogP contribution in [0.1, 0.15) is 0 Å². The van der Waals surface area contributed by atoms with Crippen molar-refractivity contribution in [1.29, 1.82) is 0 Å². The Morgan fingerprint density at radius 3 is 2.67 bits per heavy atom. The van der Waals surface area contributed by atoms with Gasteiger partial charge in [0.15, 0.2) is 0 Å². The Morgan fingerprint density at radius 1 is 1.08 bits per heavy atom. The van der Waals surface area contributed by atoms with Gasteiger partial charge in [0.2, 0.25) is 0 Å². The molecule has 1 aromatic carbocycles. The number of halogens is 2. The Bertz CT molecular complexity index is 385. The van der Waals surface area contributed by atoms with E-state index in [1.54, 1.807) is 0 Å². The van der Waals surface area contributed by atoms with Gasteiger partial charge in [-0.25, -0.2) is 0 Å². The fraction of sp³-hybridized carbons (Fsp3) is 0. The summed E-state index contributed by atoms with van der Waals surface area (Å²) in [5, 5.41) is 2.84. The van der Waals surface area contributed by atoms with E-state index in [9.17, 15) is 0 Å². The molecule has 1 heterocycles. The summed E-state index contributed by atoms with van der Waals surface area (Å²) in [6, 6.07) is 9.85. The molecule has 0 saturated carbocycles. The van der Waals surface area contributed by atoms with E-state index in [1.807, 2.05) is 37.2 Å². The third-order valence-corrected chi connectivity index (χ3v) is 2.51. The molecule has 0 aliphatic carbocycles. The van der Waals surface area contributed by atoms with E-state index in [1.165, 1.54) is 0 Å². The molecule has 2 aromatic rings. The molecule has 12 heavy (non-hydrogen) atoms. The fourth-order valence-corrected chi connectivity index (χ4v) is 1.53. The molecule has 2 rings (SSSR count). The molecule has 0 unspecified atom stereocenters. The summed E-state index contributed by atoms with van der Waals surface area (Å²) in [6.45, 7) is 1.87. The van der Waals surface area contributed by atoms with Gasteiger partial charge in [-0.15, -0.1) is 0 Å². The molecule has 3 heteroatoms. The van der Waals surface area contributed by atoms with Gasteiger partial charge in [-0.3, -0.25) is 0 Å². The Morgan fingerprint density at radius 2 is 1.83 bits per heavy atom. The first-order valence-corrected chi connectivity index (χ1v) is 4.37. The Balaban J connectivity index is 2.84. The zero-order valence-corrected chi connectivity index (χ0v) is 7.73. The molecule has 0 aliphatic rings. The number of hydrogen-bond acceptors (Lipinski definition) is 0. The van der Waals surface area contributed by atoms with Gasteiger partial charge in [0.25, 0.3) is 0 Å². The van der Waals surface area contributed by atoms with Crippen LogP contribution in [-0.4, -0.2) is 6.91 Å². The van der Waals surface area contributed by atoms with Crippen molar-refractivity contribution in [3.05, 3.63) is 40.3 Å². The first kappa shape index (κ1) is 8.09. The summed E-state index contributed by atoms with van der Waals surface area (Å²) in [5.74, 6) is 0. The second-order valence-corrected chi connectivity index (χ2v) is 3.43. The zero-order valence-electron chi connectivity index (χ0n) is 6.22. The normalized spacial score (nSPS) is 10.2. The first-order valence-electron chi connectivity index (χ1n) is 3.61. The number of hydrogen-bond donors (Lipinski definition) is 0. The minimum atomic E-state index is 0.607. The van der Waals surface area contributed by atoms with Crippen LogP contribution in [0, 0.1) is 0 Å². The summed E-state index contributed by atoms with van der Waals surface area (Å²) in [5.41, 5.74) is 0. The fourth-order valence-electron chi connectivity index (χ4n) is 1.18. The zero-order chi connectivity index (χ0) is 8.55. The van der Waals surface area contributed by atoms with Crippen LogP contribution in [0.4, 0.5) is 0 Å². The molecule has 0 amide bonds. The van der Waals surface area contributed by atoms with Crippen LogP contribution in [0.25, 0.3) is 10.7 Å². The summed E-state index contributed by atoms with van der Waals surface area (Å²) in [4.78, 5) is 0.607. The van der Waals surface area contributed by atoms with Crippen molar-refractivity contribution < 1.29 is 0 Å². The van der Waals surface area contributed by atoms with Crippen molar-refractivity contribution in [3.63, 3.8) is 0 Å². The van der Waals surface area contributed by atoms with Crippen LogP contribution in [0.15, 0.2) is 30.3 Å². The molecule has 1 aromatic heterocycles. The molecule has 0 N–H and O–H groups in total. The average molecular weight is 195 g/mol. The quantitative estimate of drug-likeness (QED) is 0.603. The van der Waals surface area contributed by atoms with Gasteiger partial charge in [0.05, 0.1) is 0 Å². The Hall–Kier alpha value is -0.525. The molecule has 0 aliphatic heterocycles. The van der Waals surface area contributed by atoms with Crippen molar-refractivity contribution >= 4 is 40.8 Å². The van der Waals surface area contributed by atoms with Gasteiger partial charge >= 0.3 is 81.1 Å². The molecule has 0 bridgehead atoms. The van der Waals surface area contributed by atoms with Gasteiger partial charge in [-0.1, -0.05) is 0 Å². The van der Waals surface area contributed by atoms with Gasteiger partial charge in [0.1, 0.15) is 0 Å². The van der Waals surface area contributed by atoms with E-state index in [0.717, 1.165) is 10.7 Å². The first-order chi connectivity index (χ1) is 5.77. The van der Waals surface area contributed by atoms with E-state index < -0.39 is 0 Å². The maximum atomic E-state index is 5.86. The van der Waals surface area contributed by atoms with Crippen molar-refractivity contribution in [3.8, 4) is 0 Å². The molecule has 0 fully saturated rings. The molecular weight excluding hydrogens is 190 g/mol. The summed E-state index contributed by atoms with van der Waals surface area (Å²) in [6.07, 6.45) is 0. The number of rotatable bonds is 0. The second kappa shape index (κ2) is 3.08. The third-order valence-electron chi connectivity index (χ3n) is 1.79. The predicted molar refractivity (Wildman–Crippen MR) is 55.3 cm³/mol. The van der Waals surface area contributed by atoms with E-state index in [2.05, 4.69) is 0 Å².